The Morgan fingerprint density at radius 1 is 1.00 bits per heavy atom. The summed E-state index contributed by atoms with van der Waals surface area (Å²) in [4.78, 5) is 29.2. The van der Waals surface area contributed by atoms with Gasteiger partial charge in [0.2, 0.25) is 11.9 Å². The van der Waals surface area contributed by atoms with Crippen LogP contribution in [-0.4, -0.2) is 19.9 Å². The van der Waals surface area contributed by atoms with Crippen molar-refractivity contribution in [1.82, 2.24) is 19.9 Å². The molecule has 0 aliphatic carbocycles. The molecule has 7 heteroatoms. The van der Waals surface area contributed by atoms with Gasteiger partial charge in [-0.1, -0.05) is 41.4 Å². The monoisotopic (exact) mass is 419 g/mol. The molecule has 0 spiro atoms. The maximum Gasteiger partial charge on any atom is 0.256 e. The quantitative estimate of drug-likeness (QED) is 0.489. The number of hydrogen-bond donors (Lipinski definition) is 2. The van der Waals surface area contributed by atoms with Crippen molar-refractivity contribution in [3.05, 3.63) is 85.4 Å². The first kappa shape index (κ1) is 20.0. The maximum absolute atomic E-state index is 12.7. The number of aryl methyl sites for hydroxylation is 4. The van der Waals surface area contributed by atoms with Gasteiger partial charge in [0, 0.05) is 22.4 Å². The fourth-order valence-corrected chi connectivity index (χ4v) is 3.81. The van der Waals surface area contributed by atoms with E-state index in [1.807, 2.05) is 45.0 Å². The molecule has 6 nitrogen and oxygen atoms in total. The molecule has 0 unspecified atom stereocenters. The summed E-state index contributed by atoms with van der Waals surface area (Å²) in [5.74, 6) is 0.706. The molecule has 2 heterocycles. The Morgan fingerprint density at radius 2 is 1.77 bits per heavy atom. The van der Waals surface area contributed by atoms with Gasteiger partial charge in [-0.15, -0.1) is 0 Å². The molecule has 30 heavy (non-hydrogen) atoms. The molecule has 0 amide bonds. The summed E-state index contributed by atoms with van der Waals surface area (Å²) in [5, 5.41) is 4.70. The van der Waals surface area contributed by atoms with Crippen LogP contribution in [0.1, 0.15) is 33.6 Å². The van der Waals surface area contributed by atoms with Gasteiger partial charge in [0.25, 0.3) is 5.56 Å². The largest absolute Gasteiger partial charge is 0.294 e. The molecule has 0 saturated carbocycles. The number of nitrogens with one attached hydrogen (secondary N) is 2. The number of H-pyrrole nitrogens is 1. The Labute approximate surface area is 179 Å². The Morgan fingerprint density at radius 3 is 2.50 bits per heavy atom. The van der Waals surface area contributed by atoms with Crippen molar-refractivity contribution in [1.29, 1.82) is 0 Å². The van der Waals surface area contributed by atoms with E-state index in [1.165, 1.54) is 5.56 Å². The van der Waals surface area contributed by atoms with Gasteiger partial charge >= 0.3 is 0 Å². The van der Waals surface area contributed by atoms with Gasteiger partial charge in [-0.3, -0.25) is 15.1 Å². The standard InChI is InChI=1S/C23H22ClN5O/c1-12-9-13(2)20-17(10-12)14(3)25-22(27-20)29-23-26-15(4)18(21(30)28-23)11-16-7-5-6-8-19(16)24/h5-10H,11H2,1-4H3,(H2,25,26,27,28,29,30). The third-order valence-electron chi connectivity index (χ3n) is 5.10. The van der Waals surface area contributed by atoms with Crippen molar-refractivity contribution in [3.8, 4) is 0 Å². The van der Waals surface area contributed by atoms with Crippen LogP contribution in [0.25, 0.3) is 10.9 Å². The van der Waals surface area contributed by atoms with Gasteiger partial charge in [-0.25, -0.2) is 15.0 Å². The van der Waals surface area contributed by atoms with E-state index in [-0.39, 0.29) is 5.56 Å². The van der Waals surface area contributed by atoms with Crippen LogP contribution in [0.3, 0.4) is 0 Å². The summed E-state index contributed by atoms with van der Waals surface area (Å²) < 4.78 is 0. The predicted octanol–water partition coefficient (Wildman–Crippen LogP) is 4.93. The lowest BCUT2D eigenvalue weighted by Crippen LogP contribution is -2.19. The van der Waals surface area contributed by atoms with E-state index in [1.54, 1.807) is 0 Å². The summed E-state index contributed by atoms with van der Waals surface area (Å²) in [6.07, 6.45) is 0.415. The van der Waals surface area contributed by atoms with E-state index >= 15 is 0 Å². The minimum Gasteiger partial charge on any atom is -0.294 e. The first-order chi connectivity index (χ1) is 14.3. The van der Waals surface area contributed by atoms with Crippen molar-refractivity contribution in [2.45, 2.75) is 34.1 Å². The van der Waals surface area contributed by atoms with Gasteiger partial charge in [0.05, 0.1) is 16.9 Å². The van der Waals surface area contributed by atoms with Crippen LogP contribution >= 0.6 is 11.6 Å². The molecule has 0 aliphatic rings. The highest BCUT2D eigenvalue weighted by molar-refractivity contribution is 6.31. The van der Waals surface area contributed by atoms with E-state index in [9.17, 15) is 4.79 Å². The van der Waals surface area contributed by atoms with Crippen LogP contribution in [0.4, 0.5) is 11.9 Å². The van der Waals surface area contributed by atoms with Gasteiger partial charge in [0.1, 0.15) is 0 Å². The summed E-state index contributed by atoms with van der Waals surface area (Å²) in [6, 6.07) is 11.6. The topological polar surface area (TPSA) is 83.6 Å². The molecular formula is C23H22ClN5O. The predicted molar refractivity (Wildman–Crippen MR) is 121 cm³/mol. The highest BCUT2D eigenvalue weighted by Crippen LogP contribution is 2.23. The average molecular weight is 420 g/mol. The summed E-state index contributed by atoms with van der Waals surface area (Å²) >= 11 is 6.24. The molecule has 2 aromatic carbocycles. The average Bonchev–Trinajstić information content (AvgIpc) is 2.67. The summed E-state index contributed by atoms with van der Waals surface area (Å²) in [5.41, 5.74) is 5.87. The van der Waals surface area contributed by atoms with Crippen molar-refractivity contribution >= 4 is 34.4 Å². The van der Waals surface area contributed by atoms with Gasteiger partial charge in [0.15, 0.2) is 0 Å². The molecule has 2 aromatic heterocycles. The van der Waals surface area contributed by atoms with Gasteiger partial charge in [-0.05, 0) is 51.0 Å². The lowest BCUT2D eigenvalue weighted by molar-refractivity contribution is 0.978. The third kappa shape index (κ3) is 3.91. The molecular weight excluding hydrogens is 398 g/mol. The number of halogens is 1. The second-order valence-corrected chi connectivity index (χ2v) is 7.89. The van der Waals surface area contributed by atoms with Crippen LogP contribution in [0, 0.1) is 27.7 Å². The van der Waals surface area contributed by atoms with E-state index in [0.29, 0.717) is 34.6 Å². The zero-order valence-corrected chi connectivity index (χ0v) is 18.1. The maximum atomic E-state index is 12.7. The Kier molecular flexibility index (Phi) is 5.26. The smallest absolute Gasteiger partial charge is 0.256 e. The number of aromatic amines is 1. The molecule has 0 bridgehead atoms. The minimum absolute atomic E-state index is 0.214. The fourth-order valence-electron chi connectivity index (χ4n) is 3.61. The second-order valence-electron chi connectivity index (χ2n) is 7.48. The molecule has 0 aliphatic heterocycles. The van der Waals surface area contributed by atoms with Crippen LogP contribution in [0.5, 0.6) is 0 Å². The summed E-state index contributed by atoms with van der Waals surface area (Å²) in [6.45, 7) is 7.84. The van der Waals surface area contributed by atoms with E-state index < -0.39 is 0 Å². The molecule has 4 aromatic rings. The molecule has 0 saturated heterocycles. The number of aromatic nitrogens is 4. The van der Waals surface area contributed by atoms with Crippen LogP contribution in [-0.2, 0) is 6.42 Å². The van der Waals surface area contributed by atoms with Crippen molar-refractivity contribution in [2.24, 2.45) is 0 Å². The van der Waals surface area contributed by atoms with E-state index in [0.717, 1.165) is 27.7 Å². The SMILES string of the molecule is Cc1cc(C)c2nc(Nc3nc(C)c(Cc4ccccc4Cl)c(=O)[nH]3)nc(C)c2c1. The van der Waals surface area contributed by atoms with Crippen molar-refractivity contribution in [3.63, 3.8) is 0 Å². The lowest BCUT2D eigenvalue weighted by atomic mass is 10.1. The molecule has 0 fully saturated rings. The highest BCUT2D eigenvalue weighted by atomic mass is 35.5. The number of anilines is 2. The third-order valence-corrected chi connectivity index (χ3v) is 5.47. The summed E-state index contributed by atoms with van der Waals surface area (Å²) in [7, 11) is 0. The highest BCUT2D eigenvalue weighted by Gasteiger charge is 2.13. The van der Waals surface area contributed by atoms with Crippen molar-refractivity contribution < 1.29 is 0 Å². The number of benzene rings is 2. The normalized spacial score (nSPS) is 11.1. The Balaban J connectivity index is 1.68. The van der Waals surface area contributed by atoms with Gasteiger partial charge < -0.3 is 0 Å². The van der Waals surface area contributed by atoms with Crippen LogP contribution in [0.2, 0.25) is 5.02 Å². The number of fused-ring (bicyclic) bond motifs is 1. The lowest BCUT2D eigenvalue weighted by Gasteiger charge is -2.11. The number of hydrogen-bond acceptors (Lipinski definition) is 5. The second kappa shape index (κ2) is 7.88. The molecule has 0 atom stereocenters. The molecule has 2 N–H and O–H groups in total. The number of nitrogens with zero attached hydrogens (tertiary/aromatic N) is 3. The van der Waals surface area contributed by atoms with Crippen LogP contribution in [0.15, 0.2) is 41.2 Å². The van der Waals surface area contributed by atoms with Crippen LogP contribution < -0.4 is 10.9 Å². The molecule has 152 valence electrons. The first-order valence-electron chi connectivity index (χ1n) is 9.67. The molecule has 0 radical (unpaired) electrons. The Hall–Kier alpha value is -3.25. The molecule has 4 rings (SSSR count). The van der Waals surface area contributed by atoms with E-state index in [2.05, 4.69) is 44.3 Å². The first-order valence-corrected chi connectivity index (χ1v) is 10.1. The fraction of sp³-hybridized carbons (Fsp3) is 0.217. The van der Waals surface area contributed by atoms with E-state index in [4.69, 9.17) is 11.6 Å². The zero-order chi connectivity index (χ0) is 21.4. The van der Waals surface area contributed by atoms with Crippen molar-refractivity contribution in [2.75, 3.05) is 5.32 Å². The number of rotatable bonds is 4. The minimum atomic E-state index is -0.214. The van der Waals surface area contributed by atoms with Gasteiger partial charge in [-0.2, -0.15) is 0 Å². The zero-order valence-electron chi connectivity index (χ0n) is 17.3. The Bertz CT molecular complexity index is 1330.